The van der Waals surface area contributed by atoms with E-state index < -0.39 is 12.0 Å². The number of carbonyl (C=O) groups excluding carboxylic acids is 1. The molecule has 1 aromatic heterocycles. The third-order valence-corrected chi connectivity index (χ3v) is 4.59. The number of tetrazole rings is 1. The summed E-state index contributed by atoms with van der Waals surface area (Å²) in [4.78, 5) is 13.0. The fourth-order valence-electron chi connectivity index (χ4n) is 3.16. The zero-order chi connectivity index (χ0) is 20.3. The fraction of sp³-hybridized carbons (Fsp3) is 0.474. The van der Waals surface area contributed by atoms with Crippen molar-refractivity contribution in [2.45, 2.75) is 33.2 Å². The minimum absolute atomic E-state index is 0.345. The van der Waals surface area contributed by atoms with Crippen molar-refractivity contribution in [1.82, 2.24) is 20.2 Å². The first-order chi connectivity index (χ1) is 13.5. The van der Waals surface area contributed by atoms with Crippen LogP contribution in [0.3, 0.4) is 0 Å². The molecule has 28 heavy (non-hydrogen) atoms. The number of carbonyl (C=O) groups is 1. The van der Waals surface area contributed by atoms with E-state index in [0.29, 0.717) is 46.8 Å². The Bertz CT molecular complexity index is 890. The smallest absolute Gasteiger partial charge is 0.338 e. The fourth-order valence-corrected chi connectivity index (χ4v) is 3.16. The third kappa shape index (κ3) is 3.64. The first kappa shape index (κ1) is 19.7. The van der Waals surface area contributed by atoms with E-state index >= 15 is 0 Å². The number of nitrogens with one attached hydrogen (secondary N) is 1. The topological polar surface area (TPSA) is 100 Å². The maximum Gasteiger partial charge on any atom is 0.338 e. The zero-order valence-corrected chi connectivity index (χ0v) is 16.7. The highest BCUT2D eigenvalue weighted by Crippen LogP contribution is 2.42. The molecule has 2 aromatic rings. The molecule has 9 heteroatoms. The maximum absolute atomic E-state index is 13.0. The Hall–Kier alpha value is -3.10. The first-order valence-electron chi connectivity index (χ1n) is 9.11. The summed E-state index contributed by atoms with van der Waals surface area (Å²) in [5.74, 6) is 1.53. The van der Waals surface area contributed by atoms with Crippen molar-refractivity contribution in [3.05, 3.63) is 35.0 Å². The number of fused-ring (bicyclic) bond motifs is 1. The van der Waals surface area contributed by atoms with Gasteiger partial charge in [0, 0.05) is 11.3 Å². The van der Waals surface area contributed by atoms with Crippen molar-refractivity contribution >= 4 is 11.9 Å². The van der Waals surface area contributed by atoms with Crippen LogP contribution >= 0.6 is 0 Å². The maximum atomic E-state index is 13.0. The molecule has 1 unspecified atom stereocenters. The van der Waals surface area contributed by atoms with Crippen molar-refractivity contribution in [2.75, 3.05) is 26.1 Å². The molecule has 1 aliphatic heterocycles. The molecule has 0 fully saturated rings. The molecule has 0 saturated heterocycles. The summed E-state index contributed by atoms with van der Waals surface area (Å²) >= 11 is 0. The lowest BCUT2D eigenvalue weighted by molar-refractivity contribution is -0.139. The second-order valence-corrected chi connectivity index (χ2v) is 6.91. The van der Waals surface area contributed by atoms with Crippen molar-refractivity contribution < 1.29 is 19.0 Å². The number of esters is 1. The summed E-state index contributed by atoms with van der Waals surface area (Å²) in [5.41, 5.74) is 1.76. The van der Waals surface area contributed by atoms with E-state index in [4.69, 9.17) is 14.2 Å². The number of ether oxygens (including phenoxy) is 3. The van der Waals surface area contributed by atoms with Gasteiger partial charge < -0.3 is 19.5 Å². The molecular weight excluding hydrogens is 362 g/mol. The predicted octanol–water partition coefficient (Wildman–Crippen LogP) is 2.57. The molecule has 0 bridgehead atoms. The largest absolute Gasteiger partial charge is 0.493 e. The monoisotopic (exact) mass is 387 g/mol. The molecule has 1 aromatic carbocycles. The number of allylic oxidation sites excluding steroid dienone is 1. The Morgan fingerprint density at radius 2 is 2.07 bits per heavy atom. The number of anilines is 1. The molecule has 1 N–H and O–H groups in total. The van der Waals surface area contributed by atoms with Crippen LogP contribution in [-0.4, -0.2) is 47.0 Å². The van der Waals surface area contributed by atoms with Gasteiger partial charge in [0.25, 0.3) is 0 Å². The number of rotatable bonds is 7. The van der Waals surface area contributed by atoms with Gasteiger partial charge in [0.15, 0.2) is 11.5 Å². The van der Waals surface area contributed by atoms with Crippen LogP contribution in [0.4, 0.5) is 5.95 Å². The minimum atomic E-state index is -0.608. The van der Waals surface area contributed by atoms with E-state index in [1.807, 2.05) is 12.1 Å². The van der Waals surface area contributed by atoms with Gasteiger partial charge in [-0.2, -0.15) is 4.68 Å². The van der Waals surface area contributed by atoms with Gasteiger partial charge in [0.05, 0.1) is 26.4 Å². The molecule has 0 spiro atoms. The van der Waals surface area contributed by atoms with Crippen LogP contribution in [-0.2, 0) is 9.53 Å². The van der Waals surface area contributed by atoms with Crippen molar-refractivity contribution in [3.63, 3.8) is 0 Å². The SMILES string of the molecule is COc1cccc(C2C(C(=O)OCCC(C)C)=C(C)Nc3nnnn32)c1OC. The van der Waals surface area contributed by atoms with Gasteiger partial charge in [-0.1, -0.05) is 31.1 Å². The van der Waals surface area contributed by atoms with E-state index in [-0.39, 0.29) is 0 Å². The highest BCUT2D eigenvalue weighted by atomic mass is 16.5. The van der Waals surface area contributed by atoms with Gasteiger partial charge in [-0.15, -0.1) is 0 Å². The second kappa shape index (κ2) is 8.28. The van der Waals surface area contributed by atoms with Crippen LogP contribution in [0.1, 0.15) is 38.8 Å². The molecule has 3 rings (SSSR count). The van der Waals surface area contributed by atoms with E-state index in [1.165, 1.54) is 0 Å². The van der Waals surface area contributed by atoms with Crippen LogP contribution in [0.5, 0.6) is 11.5 Å². The standard InChI is InChI=1S/C19H25N5O4/c1-11(2)9-10-28-18(25)15-12(3)20-19-21-22-23-24(19)16(15)13-7-6-8-14(26-4)17(13)27-5/h6-8,11,16H,9-10H2,1-5H3,(H,20,21,23). The van der Waals surface area contributed by atoms with Gasteiger partial charge in [0.2, 0.25) is 5.95 Å². The number of aromatic nitrogens is 4. The Kier molecular flexibility index (Phi) is 5.81. The summed E-state index contributed by atoms with van der Waals surface area (Å²) in [5, 5.41) is 14.9. The van der Waals surface area contributed by atoms with Crippen molar-refractivity contribution in [3.8, 4) is 11.5 Å². The Morgan fingerprint density at radius 3 is 2.75 bits per heavy atom. The minimum Gasteiger partial charge on any atom is -0.493 e. The molecule has 1 atom stereocenters. The Labute approximate surface area is 163 Å². The van der Waals surface area contributed by atoms with Crippen LogP contribution in [0.15, 0.2) is 29.5 Å². The lowest BCUT2D eigenvalue weighted by atomic mass is 9.94. The van der Waals surface area contributed by atoms with Crippen molar-refractivity contribution in [2.24, 2.45) is 5.92 Å². The molecule has 0 amide bonds. The Morgan fingerprint density at radius 1 is 1.29 bits per heavy atom. The lowest BCUT2D eigenvalue weighted by Gasteiger charge is -2.28. The summed E-state index contributed by atoms with van der Waals surface area (Å²) in [7, 11) is 3.12. The molecular formula is C19H25N5O4. The average molecular weight is 387 g/mol. The highest BCUT2D eigenvalue weighted by Gasteiger charge is 2.37. The molecule has 0 radical (unpaired) electrons. The number of hydrogen-bond acceptors (Lipinski definition) is 8. The van der Waals surface area contributed by atoms with Gasteiger partial charge in [-0.25, -0.2) is 4.79 Å². The Balaban J connectivity index is 2.07. The number of para-hydroxylation sites is 1. The second-order valence-electron chi connectivity index (χ2n) is 6.91. The van der Waals surface area contributed by atoms with Crippen LogP contribution < -0.4 is 14.8 Å². The molecule has 1 aliphatic rings. The molecule has 2 heterocycles. The summed E-state index contributed by atoms with van der Waals surface area (Å²) in [6.07, 6.45) is 0.786. The summed E-state index contributed by atoms with van der Waals surface area (Å²) in [6.45, 7) is 6.31. The first-order valence-corrected chi connectivity index (χ1v) is 9.11. The molecule has 9 nitrogen and oxygen atoms in total. The van der Waals surface area contributed by atoms with Crippen molar-refractivity contribution in [1.29, 1.82) is 0 Å². The highest BCUT2D eigenvalue weighted by molar-refractivity contribution is 5.92. The number of hydrogen-bond donors (Lipinski definition) is 1. The van der Waals surface area contributed by atoms with E-state index in [0.717, 1.165) is 6.42 Å². The van der Waals surface area contributed by atoms with Crippen LogP contribution in [0, 0.1) is 5.92 Å². The van der Waals surface area contributed by atoms with Gasteiger partial charge in [0.1, 0.15) is 6.04 Å². The molecule has 0 saturated carbocycles. The zero-order valence-electron chi connectivity index (χ0n) is 16.7. The van der Waals surface area contributed by atoms with Crippen LogP contribution in [0.25, 0.3) is 0 Å². The van der Waals surface area contributed by atoms with E-state index in [2.05, 4.69) is 34.7 Å². The van der Waals surface area contributed by atoms with Gasteiger partial charge >= 0.3 is 5.97 Å². The van der Waals surface area contributed by atoms with E-state index in [9.17, 15) is 4.79 Å². The number of benzene rings is 1. The molecule has 0 aliphatic carbocycles. The number of methoxy groups -OCH3 is 2. The lowest BCUT2D eigenvalue weighted by Crippen LogP contribution is -2.30. The van der Waals surface area contributed by atoms with Gasteiger partial charge in [-0.05, 0) is 35.8 Å². The average Bonchev–Trinajstić information content (AvgIpc) is 3.13. The van der Waals surface area contributed by atoms with E-state index in [1.54, 1.807) is 31.9 Å². The van der Waals surface area contributed by atoms with Gasteiger partial charge in [-0.3, -0.25) is 0 Å². The quantitative estimate of drug-likeness (QED) is 0.724. The third-order valence-electron chi connectivity index (χ3n) is 4.59. The number of nitrogens with zero attached hydrogens (tertiary/aromatic N) is 4. The molecule has 150 valence electrons. The summed E-state index contributed by atoms with van der Waals surface area (Å²) in [6, 6.07) is 4.88. The normalized spacial score (nSPS) is 15.9. The predicted molar refractivity (Wildman–Crippen MR) is 102 cm³/mol. The van der Waals surface area contributed by atoms with Crippen LogP contribution in [0.2, 0.25) is 0 Å². The summed E-state index contributed by atoms with van der Waals surface area (Å²) < 4.78 is 18.1.